The van der Waals surface area contributed by atoms with E-state index in [4.69, 9.17) is 17.3 Å². The van der Waals surface area contributed by atoms with E-state index in [0.717, 1.165) is 5.56 Å². The lowest BCUT2D eigenvalue weighted by atomic mass is 10.1. The van der Waals surface area contributed by atoms with Gasteiger partial charge in [0.05, 0.1) is 11.6 Å². The van der Waals surface area contributed by atoms with Crippen molar-refractivity contribution in [2.75, 3.05) is 5.32 Å². The number of hydrogen-bond acceptors (Lipinski definition) is 4. The molecule has 0 aliphatic heterocycles. The summed E-state index contributed by atoms with van der Waals surface area (Å²) in [7, 11) is 0. The fraction of sp³-hybridized carbons (Fsp3) is 0.250. The Balaban J connectivity index is 2.01. The lowest BCUT2D eigenvalue weighted by Gasteiger charge is -2.20. The van der Waals surface area contributed by atoms with Gasteiger partial charge in [-0.1, -0.05) is 29.8 Å². The smallest absolute Gasteiger partial charge is 0.251 e. The van der Waals surface area contributed by atoms with Crippen molar-refractivity contribution < 1.29 is 9.59 Å². The van der Waals surface area contributed by atoms with Crippen LogP contribution in [0.3, 0.4) is 0 Å². The largest absolute Gasteiger partial charge is 0.366 e. The highest BCUT2D eigenvalue weighted by Crippen LogP contribution is 2.24. The summed E-state index contributed by atoms with van der Waals surface area (Å²) in [5, 5.41) is 8.73. The van der Waals surface area contributed by atoms with Crippen LogP contribution in [0, 0.1) is 0 Å². The molecule has 7 heteroatoms. The highest BCUT2D eigenvalue weighted by atomic mass is 35.5. The van der Waals surface area contributed by atoms with Gasteiger partial charge in [0, 0.05) is 11.1 Å². The third-order valence-electron chi connectivity index (χ3n) is 3.43. The van der Waals surface area contributed by atoms with E-state index in [-0.39, 0.29) is 11.9 Å². The van der Waals surface area contributed by atoms with Gasteiger partial charge in [-0.05, 0) is 36.9 Å². The molecule has 0 aliphatic rings. The van der Waals surface area contributed by atoms with Crippen molar-refractivity contribution in [2.24, 2.45) is 5.73 Å². The maximum absolute atomic E-state index is 12.3. The van der Waals surface area contributed by atoms with Gasteiger partial charge in [0.2, 0.25) is 5.91 Å². The molecule has 0 spiro atoms. The van der Waals surface area contributed by atoms with Gasteiger partial charge in [0.15, 0.2) is 0 Å². The first-order valence-corrected chi connectivity index (χ1v) is 8.34. The van der Waals surface area contributed by atoms with Gasteiger partial charge in [0.1, 0.15) is 5.00 Å². The first-order chi connectivity index (χ1) is 10.9. The Kier molecular flexibility index (Phi) is 5.76. The van der Waals surface area contributed by atoms with Crippen molar-refractivity contribution in [2.45, 2.75) is 25.9 Å². The molecule has 5 nitrogen and oxygen atoms in total. The van der Waals surface area contributed by atoms with E-state index in [1.807, 2.05) is 31.2 Å². The standard InChI is InChI=1S/C16H18ClN3O2S/c1-9(11-5-3-4-6-13(11)17)19-10(2)15(22)20-16-12(14(18)21)7-8-23-16/h3-10,19H,1-2H3,(H2,18,21)(H,20,22)/t9-,10+/m1/s1. The molecule has 23 heavy (non-hydrogen) atoms. The first-order valence-electron chi connectivity index (χ1n) is 7.08. The Morgan fingerprint density at radius 1 is 1.22 bits per heavy atom. The first kappa shape index (κ1) is 17.5. The summed E-state index contributed by atoms with van der Waals surface area (Å²) in [6.45, 7) is 3.69. The fourth-order valence-electron chi connectivity index (χ4n) is 2.19. The summed E-state index contributed by atoms with van der Waals surface area (Å²) >= 11 is 7.42. The zero-order valence-electron chi connectivity index (χ0n) is 12.8. The van der Waals surface area contributed by atoms with Crippen molar-refractivity contribution in [1.29, 1.82) is 0 Å². The second-order valence-corrected chi connectivity index (χ2v) is 6.47. The van der Waals surface area contributed by atoms with Crippen molar-refractivity contribution in [3.63, 3.8) is 0 Å². The van der Waals surface area contributed by atoms with Gasteiger partial charge in [-0.25, -0.2) is 0 Å². The summed E-state index contributed by atoms with van der Waals surface area (Å²) in [6, 6.07) is 8.51. The second-order valence-electron chi connectivity index (χ2n) is 5.15. The number of carbonyl (C=O) groups is 2. The molecule has 2 atom stereocenters. The lowest BCUT2D eigenvalue weighted by Crippen LogP contribution is -2.39. The van der Waals surface area contributed by atoms with E-state index in [1.54, 1.807) is 18.4 Å². The number of amides is 2. The molecule has 0 saturated heterocycles. The van der Waals surface area contributed by atoms with Gasteiger partial charge in [-0.2, -0.15) is 0 Å². The molecule has 1 aromatic heterocycles. The van der Waals surface area contributed by atoms with Crippen LogP contribution in [-0.2, 0) is 4.79 Å². The zero-order chi connectivity index (χ0) is 17.0. The van der Waals surface area contributed by atoms with E-state index in [9.17, 15) is 9.59 Å². The van der Waals surface area contributed by atoms with Gasteiger partial charge in [-0.15, -0.1) is 11.3 Å². The number of halogens is 1. The average molecular weight is 352 g/mol. The molecule has 2 aromatic rings. The van der Waals surface area contributed by atoms with Crippen LogP contribution in [0.4, 0.5) is 5.00 Å². The number of benzene rings is 1. The summed E-state index contributed by atoms with van der Waals surface area (Å²) in [5.74, 6) is -0.805. The second kappa shape index (κ2) is 7.59. The average Bonchev–Trinajstić information content (AvgIpc) is 2.95. The lowest BCUT2D eigenvalue weighted by molar-refractivity contribution is -0.117. The third kappa shape index (κ3) is 4.31. The summed E-state index contributed by atoms with van der Waals surface area (Å²) in [5.41, 5.74) is 6.50. The van der Waals surface area contributed by atoms with Crippen LogP contribution in [0.5, 0.6) is 0 Å². The fourth-order valence-corrected chi connectivity index (χ4v) is 3.28. The van der Waals surface area contributed by atoms with Crippen LogP contribution < -0.4 is 16.4 Å². The van der Waals surface area contributed by atoms with Crippen molar-refractivity contribution >= 4 is 39.8 Å². The molecule has 0 fully saturated rings. The molecule has 0 unspecified atom stereocenters. The minimum atomic E-state index is -0.563. The van der Waals surface area contributed by atoms with Gasteiger partial charge < -0.3 is 11.1 Å². The molecule has 4 N–H and O–H groups in total. The molecule has 2 rings (SSSR count). The minimum Gasteiger partial charge on any atom is -0.366 e. The molecule has 1 heterocycles. The Morgan fingerprint density at radius 3 is 2.57 bits per heavy atom. The molecule has 0 bridgehead atoms. The Labute approximate surface area is 143 Å². The predicted octanol–water partition coefficient (Wildman–Crippen LogP) is 3.18. The highest BCUT2D eigenvalue weighted by molar-refractivity contribution is 7.14. The summed E-state index contributed by atoms with van der Waals surface area (Å²) < 4.78 is 0. The van der Waals surface area contributed by atoms with Gasteiger partial charge in [0.25, 0.3) is 5.91 Å². The highest BCUT2D eigenvalue weighted by Gasteiger charge is 2.20. The van der Waals surface area contributed by atoms with Crippen LogP contribution >= 0.6 is 22.9 Å². The quantitative estimate of drug-likeness (QED) is 0.747. The van der Waals surface area contributed by atoms with Crippen molar-refractivity contribution in [3.05, 3.63) is 51.9 Å². The Hall–Kier alpha value is -1.89. The Bertz CT molecular complexity index is 717. The number of primary amides is 1. The number of rotatable bonds is 6. The topological polar surface area (TPSA) is 84.2 Å². The van der Waals surface area contributed by atoms with E-state index >= 15 is 0 Å². The molecule has 0 radical (unpaired) electrons. The number of anilines is 1. The van der Waals surface area contributed by atoms with E-state index < -0.39 is 11.9 Å². The summed E-state index contributed by atoms with van der Waals surface area (Å²) in [6.07, 6.45) is 0. The maximum atomic E-state index is 12.3. The number of thiophene rings is 1. The SMILES string of the molecule is C[C@H](N[C@H](C)c1ccccc1Cl)C(=O)Nc1sccc1C(N)=O. The van der Waals surface area contributed by atoms with Crippen molar-refractivity contribution in [1.82, 2.24) is 5.32 Å². The van der Waals surface area contributed by atoms with Crippen LogP contribution in [0.25, 0.3) is 0 Å². The van der Waals surface area contributed by atoms with E-state index in [0.29, 0.717) is 15.6 Å². The number of nitrogens with one attached hydrogen (secondary N) is 2. The third-order valence-corrected chi connectivity index (χ3v) is 4.61. The number of nitrogens with two attached hydrogens (primary N) is 1. The Morgan fingerprint density at radius 2 is 1.91 bits per heavy atom. The predicted molar refractivity (Wildman–Crippen MR) is 93.9 cm³/mol. The van der Waals surface area contributed by atoms with Crippen LogP contribution in [0.1, 0.15) is 35.8 Å². The zero-order valence-corrected chi connectivity index (χ0v) is 14.4. The summed E-state index contributed by atoms with van der Waals surface area (Å²) in [4.78, 5) is 23.6. The van der Waals surface area contributed by atoms with Crippen LogP contribution in [0.15, 0.2) is 35.7 Å². The number of hydrogen-bond donors (Lipinski definition) is 3. The van der Waals surface area contributed by atoms with Gasteiger partial charge in [-0.3, -0.25) is 14.9 Å². The normalized spacial score (nSPS) is 13.3. The monoisotopic (exact) mass is 351 g/mol. The van der Waals surface area contributed by atoms with Crippen LogP contribution in [-0.4, -0.2) is 17.9 Å². The van der Waals surface area contributed by atoms with Gasteiger partial charge >= 0.3 is 0 Å². The molecule has 122 valence electrons. The minimum absolute atomic E-state index is 0.0941. The maximum Gasteiger partial charge on any atom is 0.251 e. The molecule has 2 amide bonds. The molecular weight excluding hydrogens is 334 g/mol. The van der Waals surface area contributed by atoms with Crippen LogP contribution in [0.2, 0.25) is 5.02 Å². The van der Waals surface area contributed by atoms with E-state index in [1.165, 1.54) is 11.3 Å². The molecule has 1 aromatic carbocycles. The van der Waals surface area contributed by atoms with E-state index in [2.05, 4.69) is 10.6 Å². The molecule has 0 aliphatic carbocycles. The van der Waals surface area contributed by atoms with Crippen molar-refractivity contribution in [3.8, 4) is 0 Å². The number of carbonyl (C=O) groups excluding carboxylic acids is 2. The molecular formula is C16H18ClN3O2S. The molecule has 0 saturated carbocycles.